The number of pyridine rings is 1. The molecule has 4 heteroatoms. The quantitative estimate of drug-likeness (QED) is 0.681. The van der Waals surface area contributed by atoms with Crippen LogP contribution >= 0.6 is 0 Å². The SMILES string of the molecule is CCC.Cc1cnc2[nH]c(=O)[nH]c2c1.[HH].[HH]. The van der Waals surface area contributed by atoms with Crippen LogP contribution in [0.5, 0.6) is 0 Å². The van der Waals surface area contributed by atoms with Crippen molar-refractivity contribution in [3.63, 3.8) is 0 Å². The first-order chi connectivity index (χ1) is 6.67. The van der Waals surface area contributed by atoms with E-state index < -0.39 is 0 Å². The summed E-state index contributed by atoms with van der Waals surface area (Å²) in [4.78, 5) is 20.0. The smallest absolute Gasteiger partial charge is 0.304 e. The van der Waals surface area contributed by atoms with Crippen LogP contribution in [0.1, 0.15) is 28.7 Å². The number of aromatic amines is 2. The topological polar surface area (TPSA) is 61.5 Å². The third-order valence-corrected chi connectivity index (χ3v) is 1.50. The van der Waals surface area contributed by atoms with Gasteiger partial charge >= 0.3 is 5.69 Å². The second-order valence-corrected chi connectivity index (χ2v) is 3.20. The van der Waals surface area contributed by atoms with Gasteiger partial charge in [0, 0.05) is 9.05 Å². The molecule has 0 spiro atoms. The number of rotatable bonds is 0. The highest BCUT2D eigenvalue weighted by Gasteiger charge is 1.96. The Hall–Kier alpha value is -1.58. The Labute approximate surface area is 85.4 Å². The van der Waals surface area contributed by atoms with Crippen LogP contribution in [0.25, 0.3) is 11.2 Å². The zero-order valence-electron chi connectivity index (χ0n) is 8.72. The van der Waals surface area contributed by atoms with Gasteiger partial charge < -0.3 is 4.98 Å². The summed E-state index contributed by atoms with van der Waals surface area (Å²) in [6.45, 7) is 6.18. The van der Waals surface area contributed by atoms with Crippen LogP contribution in [0.4, 0.5) is 0 Å². The summed E-state index contributed by atoms with van der Waals surface area (Å²) in [6, 6.07) is 1.88. The lowest BCUT2D eigenvalue weighted by Gasteiger charge is -1.88. The second-order valence-electron chi connectivity index (χ2n) is 3.20. The van der Waals surface area contributed by atoms with Crippen LogP contribution in [0.15, 0.2) is 17.1 Å². The first-order valence-corrected chi connectivity index (χ1v) is 4.72. The Balaban J connectivity index is 0. The van der Waals surface area contributed by atoms with E-state index in [-0.39, 0.29) is 8.54 Å². The Kier molecular flexibility index (Phi) is 3.45. The predicted molar refractivity (Wildman–Crippen MR) is 61.6 cm³/mol. The molecule has 0 saturated carbocycles. The van der Waals surface area contributed by atoms with E-state index in [1.165, 1.54) is 6.42 Å². The number of imidazole rings is 1. The maximum Gasteiger partial charge on any atom is 0.325 e. The van der Waals surface area contributed by atoms with Gasteiger partial charge in [-0.25, -0.2) is 9.78 Å². The molecule has 14 heavy (non-hydrogen) atoms. The van der Waals surface area contributed by atoms with Gasteiger partial charge in [-0.3, -0.25) is 4.98 Å². The summed E-state index contributed by atoms with van der Waals surface area (Å²) in [7, 11) is 0. The molecule has 0 aliphatic carbocycles. The molecule has 0 fully saturated rings. The molecule has 2 heterocycles. The van der Waals surface area contributed by atoms with E-state index in [4.69, 9.17) is 0 Å². The molecule has 4 nitrogen and oxygen atoms in total. The molecule has 2 aromatic heterocycles. The van der Waals surface area contributed by atoms with Crippen molar-refractivity contribution in [1.29, 1.82) is 0 Å². The summed E-state index contributed by atoms with van der Waals surface area (Å²) < 4.78 is 0. The zero-order valence-corrected chi connectivity index (χ0v) is 8.72. The lowest BCUT2D eigenvalue weighted by Crippen LogP contribution is -1.99. The van der Waals surface area contributed by atoms with E-state index in [9.17, 15) is 4.79 Å². The van der Waals surface area contributed by atoms with Crippen molar-refractivity contribution < 1.29 is 2.85 Å². The summed E-state index contributed by atoms with van der Waals surface area (Å²) in [5.74, 6) is 0. The molecule has 0 aliphatic rings. The largest absolute Gasteiger partial charge is 0.325 e. The average Bonchev–Trinajstić information content (AvgIpc) is 2.45. The second kappa shape index (κ2) is 4.60. The predicted octanol–water partition coefficient (Wildman–Crippen LogP) is 2.47. The molecule has 80 valence electrons. The summed E-state index contributed by atoms with van der Waals surface area (Å²) in [5.41, 5.74) is 2.20. The third kappa shape index (κ3) is 2.45. The molecule has 0 saturated heterocycles. The molecule has 2 rings (SSSR count). The summed E-state index contributed by atoms with van der Waals surface area (Å²) in [6.07, 6.45) is 2.96. The van der Waals surface area contributed by atoms with Crippen molar-refractivity contribution in [3.05, 3.63) is 28.3 Å². The van der Waals surface area contributed by atoms with Crippen molar-refractivity contribution in [2.45, 2.75) is 27.2 Å². The molecule has 0 atom stereocenters. The molecule has 0 amide bonds. The first-order valence-electron chi connectivity index (χ1n) is 4.72. The van der Waals surface area contributed by atoms with Crippen LogP contribution in [0.3, 0.4) is 0 Å². The molecular formula is C10H19N3O. The van der Waals surface area contributed by atoms with Gasteiger partial charge in [0.1, 0.15) is 0 Å². The number of aromatic nitrogens is 3. The van der Waals surface area contributed by atoms with Crippen LogP contribution < -0.4 is 5.69 Å². The highest BCUT2D eigenvalue weighted by Crippen LogP contribution is 2.04. The van der Waals surface area contributed by atoms with Gasteiger partial charge in [0.2, 0.25) is 0 Å². The third-order valence-electron chi connectivity index (χ3n) is 1.50. The highest BCUT2D eigenvalue weighted by atomic mass is 16.1. The van der Waals surface area contributed by atoms with Crippen molar-refractivity contribution in [3.8, 4) is 0 Å². The van der Waals surface area contributed by atoms with Gasteiger partial charge in [-0.2, -0.15) is 0 Å². The standard InChI is InChI=1S/C7H7N3O.C3H8.2H2/c1-4-2-5-6(8-3-4)10-7(11)9-5;1-3-2;;/h2-3H,1H3,(H2,8,9,10,11);3H2,1-2H3;2*1H. The fraction of sp³-hybridized carbons (Fsp3) is 0.400. The van der Waals surface area contributed by atoms with Crippen molar-refractivity contribution >= 4 is 11.2 Å². The van der Waals surface area contributed by atoms with E-state index >= 15 is 0 Å². The van der Waals surface area contributed by atoms with Gasteiger partial charge in [-0.15, -0.1) is 0 Å². The molecule has 0 radical (unpaired) electrons. The number of nitrogens with zero attached hydrogens (tertiary/aromatic N) is 1. The molecule has 2 aromatic rings. The van der Waals surface area contributed by atoms with Crippen LogP contribution in [-0.4, -0.2) is 15.0 Å². The van der Waals surface area contributed by atoms with Crippen LogP contribution in [-0.2, 0) is 0 Å². The normalized spacial score (nSPS) is 9.64. The number of hydrogen-bond acceptors (Lipinski definition) is 2. The number of aryl methyl sites for hydroxylation is 1. The van der Waals surface area contributed by atoms with Gasteiger partial charge in [0.25, 0.3) is 0 Å². The van der Waals surface area contributed by atoms with Gasteiger partial charge in [0.15, 0.2) is 5.65 Å². The minimum absolute atomic E-state index is 0. The Morgan fingerprint density at radius 3 is 2.71 bits per heavy atom. The summed E-state index contributed by atoms with van der Waals surface area (Å²) in [5, 5.41) is 0. The lowest BCUT2D eigenvalue weighted by molar-refractivity contribution is 1.09. The molecular weight excluding hydrogens is 178 g/mol. The number of nitrogens with one attached hydrogen (secondary N) is 2. The highest BCUT2D eigenvalue weighted by molar-refractivity contribution is 5.69. The number of H-pyrrole nitrogens is 2. The maximum absolute atomic E-state index is 10.7. The summed E-state index contributed by atoms with van der Waals surface area (Å²) >= 11 is 0. The Morgan fingerprint density at radius 1 is 1.43 bits per heavy atom. The number of fused-ring (bicyclic) bond motifs is 1. The fourth-order valence-corrected chi connectivity index (χ4v) is 1.03. The van der Waals surface area contributed by atoms with Crippen molar-refractivity contribution in [1.82, 2.24) is 15.0 Å². The van der Waals surface area contributed by atoms with E-state index in [0.29, 0.717) is 5.65 Å². The van der Waals surface area contributed by atoms with Crippen molar-refractivity contribution in [2.75, 3.05) is 0 Å². The van der Waals surface area contributed by atoms with Gasteiger partial charge in [-0.05, 0) is 18.6 Å². The van der Waals surface area contributed by atoms with Gasteiger partial charge in [0.05, 0.1) is 5.52 Å². The fourth-order valence-electron chi connectivity index (χ4n) is 1.03. The van der Waals surface area contributed by atoms with E-state index in [1.807, 2.05) is 13.0 Å². The molecule has 0 aromatic carbocycles. The lowest BCUT2D eigenvalue weighted by atomic mass is 10.3. The zero-order chi connectivity index (χ0) is 10.6. The first kappa shape index (κ1) is 10.5. The monoisotopic (exact) mass is 197 g/mol. The Morgan fingerprint density at radius 2 is 2.07 bits per heavy atom. The van der Waals surface area contributed by atoms with E-state index in [0.717, 1.165) is 11.1 Å². The van der Waals surface area contributed by atoms with E-state index in [1.54, 1.807) is 6.20 Å². The maximum atomic E-state index is 10.7. The molecule has 0 aliphatic heterocycles. The molecule has 2 N–H and O–H groups in total. The van der Waals surface area contributed by atoms with Crippen LogP contribution in [0, 0.1) is 6.92 Å². The average molecular weight is 197 g/mol. The minimum atomic E-state index is -0.210. The number of hydrogen-bond donors (Lipinski definition) is 2. The molecule has 0 unspecified atom stereocenters. The Bertz CT molecular complexity index is 464. The van der Waals surface area contributed by atoms with Crippen molar-refractivity contribution in [2.24, 2.45) is 0 Å². The molecule has 0 bridgehead atoms. The minimum Gasteiger partial charge on any atom is -0.304 e. The van der Waals surface area contributed by atoms with Gasteiger partial charge in [-0.1, -0.05) is 20.3 Å². The van der Waals surface area contributed by atoms with E-state index in [2.05, 4.69) is 28.8 Å². The van der Waals surface area contributed by atoms with Crippen LogP contribution in [0.2, 0.25) is 0 Å².